The van der Waals surface area contributed by atoms with Gasteiger partial charge in [-0.2, -0.15) is 0 Å². The van der Waals surface area contributed by atoms with E-state index in [4.69, 9.17) is 28.4 Å². The Labute approximate surface area is 410 Å². The van der Waals surface area contributed by atoms with E-state index >= 15 is 0 Å². The maximum absolute atomic E-state index is 13.0. The first-order valence-corrected chi connectivity index (χ1v) is 27.6. The summed E-state index contributed by atoms with van der Waals surface area (Å²) < 4.78 is 33.6. The maximum atomic E-state index is 13.0. The van der Waals surface area contributed by atoms with Gasteiger partial charge in [0.1, 0.15) is 55.4 Å². The molecule has 2 rings (SSSR count). The van der Waals surface area contributed by atoms with Gasteiger partial charge in [-0.15, -0.1) is 0 Å². The highest BCUT2D eigenvalue weighted by atomic mass is 16.7. The number of rotatable bonds is 44. The van der Waals surface area contributed by atoms with E-state index in [1.165, 1.54) is 154 Å². The van der Waals surface area contributed by atoms with E-state index < -0.39 is 92.7 Å². The van der Waals surface area contributed by atoms with E-state index in [-0.39, 0.29) is 26.1 Å². The zero-order valence-electron chi connectivity index (χ0n) is 42.6. The van der Waals surface area contributed by atoms with Crippen molar-refractivity contribution >= 4 is 11.9 Å². The summed E-state index contributed by atoms with van der Waals surface area (Å²) in [6, 6.07) is 0. The molecule has 2 aliphatic heterocycles. The molecule has 7 N–H and O–H groups in total. The topological polar surface area (TPSA) is 231 Å². The van der Waals surface area contributed by atoms with Crippen molar-refractivity contribution in [1.29, 1.82) is 0 Å². The van der Waals surface area contributed by atoms with Crippen LogP contribution in [0.4, 0.5) is 0 Å². The van der Waals surface area contributed by atoms with Crippen molar-refractivity contribution in [3.63, 3.8) is 0 Å². The number of aliphatic hydroxyl groups is 7. The van der Waals surface area contributed by atoms with Gasteiger partial charge in [-0.05, 0) is 12.8 Å². The lowest BCUT2D eigenvalue weighted by Crippen LogP contribution is -2.61. The molecule has 15 heteroatoms. The van der Waals surface area contributed by atoms with Gasteiger partial charge in [0.05, 0.1) is 19.8 Å². The van der Waals surface area contributed by atoms with Crippen LogP contribution in [0.2, 0.25) is 0 Å². The first-order valence-electron chi connectivity index (χ1n) is 27.6. The Balaban J connectivity index is 1.72. The molecule has 2 heterocycles. The molecule has 2 aliphatic rings. The first kappa shape index (κ1) is 62.6. The fourth-order valence-electron chi connectivity index (χ4n) is 9.04. The van der Waals surface area contributed by atoms with Gasteiger partial charge in [0, 0.05) is 12.8 Å². The van der Waals surface area contributed by atoms with Gasteiger partial charge < -0.3 is 64.2 Å². The van der Waals surface area contributed by atoms with Crippen molar-refractivity contribution in [2.75, 3.05) is 26.4 Å². The predicted octanol–water partition coefficient (Wildman–Crippen LogP) is 8.39. The van der Waals surface area contributed by atoms with E-state index in [2.05, 4.69) is 13.8 Å². The second-order valence-corrected chi connectivity index (χ2v) is 19.8. The highest BCUT2D eigenvalue weighted by Gasteiger charge is 2.47. The van der Waals surface area contributed by atoms with Crippen LogP contribution >= 0.6 is 0 Å². The average molecular weight is 977 g/mol. The molecule has 0 amide bonds. The van der Waals surface area contributed by atoms with Gasteiger partial charge in [-0.3, -0.25) is 9.59 Å². The summed E-state index contributed by atoms with van der Waals surface area (Å²) in [5.74, 6) is -0.910. The lowest BCUT2D eigenvalue weighted by molar-refractivity contribution is -0.332. The molecule has 0 aromatic carbocycles. The summed E-state index contributed by atoms with van der Waals surface area (Å²) in [5, 5.41) is 72.1. The van der Waals surface area contributed by atoms with E-state index in [1.54, 1.807) is 0 Å². The summed E-state index contributed by atoms with van der Waals surface area (Å²) >= 11 is 0. The normalized spacial score (nSPS) is 25.7. The van der Waals surface area contributed by atoms with Crippen molar-refractivity contribution in [2.24, 2.45) is 0 Å². The van der Waals surface area contributed by atoms with Gasteiger partial charge in [-0.25, -0.2) is 0 Å². The Hall–Kier alpha value is -1.50. The zero-order valence-corrected chi connectivity index (χ0v) is 42.6. The van der Waals surface area contributed by atoms with E-state index in [9.17, 15) is 45.3 Å². The molecule has 0 saturated carbocycles. The molecule has 0 aromatic heterocycles. The van der Waals surface area contributed by atoms with Crippen LogP contribution in [0, 0.1) is 0 Å². The molecule has 0 spiro atoms. The minimum atomic E-state index is -1.76. The number of aliphatic hydroxyl groups excluding tert-OH is 7. The molecule has 0 radical (unpaired) electrons. The SMILES string of the molecule is CCCCCCCCCCCCCCCCCCCCCCCCC(=O)OC(COC(=O)CCCCCCCCCCCC)COC1OC(COC2OC(CO)C(O)C(O)C2O)C(O)C(O)C1O. The second-order valence-electron chi connectivity index (χ2n) is 19.8. The molecule has 2 saturated heterocycles. The van der Waals surface area contributed by atoms with E-state index in [0.29, 0.717) is 12.8 Å². The Morgan fingerprint density at radius 1 is 0.412 bits per heavy atom. The zero-order chi connectivity index (χ0) is 49.6. The Bertz CT molecular complexity index is 1190. The smallest absolute Gasteiger partial charge is 0.306 e. The van der Waals surface area contributed by atoms with Crippen LogP contribution in [0.3, 0.4) is 0 Å². The molecule has 0 aromatic rings. The third-order valence-corrected chi connectivity index (χ3v) is 13.6. The number of unbranched alkanes of at least 4 members (excludes halogenated alkanes) is 30. The summed E-state index contributed by atoms with van der Waals surface area (Å²) in [7, 11) is 0. The third kappa shape index (κ3) is 28.5. The molecular weight excluding hydrogens is 877 g/mol. The summed E-state index contributed by atoms with van der Waals surface area (Å²) in [5.41, 5.74) is 0. The Morgan fingerprint density at radius 3 is 1.15 bits per heavy atom. The summed E-state index contributed by atoms with van der Waals surface area (Å²) in [6.45, 7) is 2.62. The number of hydrogen-bond donors (Lipinski definition) is 7. The van der Waals surface area contributed by atoms with Gasteiger partial charge in [-0.1, -0.05) is 206 Å². The molecule has 402 valence electrons. The first-order chi connectivity index (χ1) is 33.0. The van der Waals surface area contributed by atoms with Crippen LogP contribution in [0.5, 0.6) is 0 Å². The molecule has 15 nitrogen and oxygen atoms in total. The molecule has 11 atom stereocenters. The predicted molar refractivity (Wildman–Crippen MR) is 262 cm³/mol. The van der Waals surface area contributed by atoms with Gasteiger partial charge in [0.15, 0.2) is 18.7 Å². The largest absolute Gasteiger partial charge is 0.462 e. The molecule has 2 fully saturated rings. The van der Waals surface area contributed by atoms with E-state index in [0.717, 1.165) is 38.5 Å². The van der Waals surface area contributed by atoms with E-state index in [1.807, 2.05) is 0 Å². The van der Waals surface area contributed by atoms with Crippen LogP contribution in [0.15, 0.2) is 0 Å². The number of hydrogen-bond acceptors (Lipinski definition) is 15. The van der Waals surface area contributed by atoms with Gasteiger partial charge in [0.2, 0.25) is 0 Å². The monoisotopic (exact) mass is 977 g/mol. The van der Waals surface area contributed by atoms with Crippen LogP contribution < -0.4 is 0 Å². The third-order valence-electron chi connectivity index (χ3n) is 13.6. The molecular formula is C53H100O15. The lowest BCUT2D eigenvalue weighted by atomic mass is 9.98. The van der Waals surface area contributed by atoms with Crippen LogP contribution in [-0.4, -0.2) is 142 Å². The molecule has 0 bridgehead atoms. The van der Waals surface area contributed by atoms with Crippen LogP contribution in [-0.2, 0) is 38.0 Å². The quantitative estimate of drug-likeness (QED) is 0.0225. The average Bonchev–Trinajstić information content (AvgIpc) is 3.33. The number of carbonyl (C=O) groups is 2. The Kier molecular flexibility index (Phi) is 37.8. The minimum absolute atomic E-state index is 0.174. The fourth-order valence-corrected chi connectivity index (χ4v) is 9.04. The molecule has 0 aliphatic carbocycles. The van der Waals surface area contributed by atoms with Crippen molar-refractivity contribution in [2.45, 2.75) is 300 Å². The Morgan fingerprint density at radius 2 is 0.750 bits per heavy atom. The lowest BCUT2D eigenvalue weighted by Gasteiger charge is -2.42. The second kappa shape index (κ2) is 41.0. The minimum Gasteiger partial charge on any atom is -0.462 e. The van der Waals surface area contributed by atoms with Crippen molar-refractivity contribution in [3.8, 4) is 0 Å². The number of carbonyl (C=O) groups excluding carboxylic acids is 2. The number of ether oxygens (including phenoxy) is 6. The summed E-state index contributed by atoms with van der Waals surface area (Å²) in [4.78, 5) is 25.7. The highest BCUT2D eigenvalue weighted by Crippen LogP contribution is 2.27. The standard InChI is InChI=1S/C53H100O15/c1-3-5-7-9-11-13-15-16-17-18-19-20-21-22-23-24-25-26-28-30-32-34-36-45(56)66-41(38-63-44(55)35-33-31-29-27-14-12-10-8-6-4-2)39-64-52-51(62)49(60)47(58)43(68-52)40-65-53-50(61)48(59)46(57)42(37-54)67-53/h41-43,46-54,57-62H,3-40H2,1-2H3. The fraction of sp³-hybridized carbons (Fsp3) is 0.962. The van der Waals surface area contributed by atoms with Crippen LogP contribution in [0.1, 0.15) is 232 Å². The molecule has 68 heavy (non-hydrogen) atoms. The maximum Gasteiger partial charge on any atom is 0.306 e. The van der Waals surface area contributed by atoms with Crippen molar-refractivity contribution in [1.82, 2.24) is 0 Å². The summed E-state index contributed by atoms with van der Waals surface area (Å²) in [6.07, 6.45) is 22.9. The van der Waals surface area contributed by atoms with Crippen LogP contribution in [0.25, 0.3) is 0 Å². The molecule has 11 unspecified atom stereocenters. The number of esters is 2. The van der Waals surface area contributed by atoms with Gasteiger partial charge >= 0.3 is 11.9 Å². The van der Waals surface area contributed by atoms with Gasteiger partial charge in [0.25, 0.3) is 0 Å². The van der Waals surface area contributed by atoms with Crippen molar-refractivity contribution < 1.29 is 73.8 Å². The van der Waals surface area contributed by atoms with Crippen molar-refractivity contribution in [3.05, 3.63) is 0 Å². The highest BCUT2D eigenvalue weighted by molar-refractivity contribution is 5.70.